The Bertz CT molecular complexity index is 397. The fourth-order valence-electron chi connectivity index (χ4n) is 2.63. The molecule has 1 saturated heterocycles. The molecule has 0 spiro atoms. The van der Waals surface area contributed by atoms with Crippen molar-refractivity contribution in [3.63, 3.8) is 0 Å². The molecule has 0 amide bonds. The van der Waals surface area contributed by atoms with Gasteiger partial charge in [-0.05, 0) is 37.1 Å². The van der Waals surface area contributed by atoms with E-state index in [1.54, 1.807) is 14.2 Å². The van der Waals surface area contributed by atoms with E-state index < -0.39 is 0 Å². The summed E-state index contributed by atoms with van der Waals surface area (Å²) in [5.74, 6) is 0.862. The van der Waals surface area contributed by atoms with Crippen molar-refractivity contribution in [2.45, 2.75) is 25.0 Å². The zero-order valence-electron chi connectivity index (χ0n) is 11.8. The minimum Gasteiger partial charge on any atom is -0.497 e. The lowest BCUT2D eigenvalue weighted by Crippen LogP contribution is -2.42. The number of benzene rings is 1. The van der Waals surface area contributed by atoms with Crippen molar-refractivity contribution >= 4 is 0 Å². The minimum atomic E-state index is 0.0192. The molecule has 1 aromatic rings. The van der Waals surface area contributed by atoms with E-state index in [1.807, 2.05) is 18.2 Å². The van der Waals surface area contributed by atoms with Crippen LogP contribution in [0.15, 0.2) is 24.3 Å². The summed E-state index contributed by atoms with van der Waals surface area (Å²) in [6, 6.07) is 8.03. The Balaban J connectivity index is 1.94. The molecule has 1 fully saturated rings. The summed E-state index contributed by atoms with van der Waals surface area (Å²) in [4.78, 5) is 2.39. The maximum atomic E-state index is 6.30. The quantitative estimate of drug-likeness (QED) is 0.881. The molecule has 0 saturated carbocycles. The van der Waals surface area contributed by atoms with E-state index in [4.69, 9.17) is 15.2 Å². The second kappa shape index (κ2) is 6.89. The first-order chi connectivity index (χ1) is 9.22. The molecular formula is C15H24N2O2. The van der Waals surface area contributed by atoms with E-state index >= 15 is 0 Å². The molecule has 0 bridgehead atoms. The van der Waals surface area contributed by atoms with Gasteiger partial charge in [0.1, 0.15) is 5.75 Å². The third-order valence-corrected chi connectivity index (χ3v) is 3.77. The van der Waals surface area contributed by atoms with Gasteiger partial charge in [0.2, 0.25) is 0 Å². The van der Waals surface area contributed by atoms with Crippen molar-refractivity contribution < 1.29 is 9.47 Å². The van der Waals surface area contributed by atoms with Gasteiger partial charge in [0.05, 0.1) is 13.2 Å². The predicted octanol–water partition coefficient (Wildman–Crippen LogP) is 1.81. The molecule has 2 N–H and O–H groups in total. The number of ether oxygens (including phenoxy) is 2. The Morgan fingerprint density at radius 2 is 2.26 bits per heavy atom. The predicted molar refractivity (Wildman–Crippen MR) is 76.4 cm³/mol. The zero-order valence-corrected chi connectivity index (χ0v) is 11.8. The van der Waals surface area contributed by atoms with Crippen LogP contribution in [0.4, 0.5) is 0 Å². The van der Waals surface area contributed by atoms with E-state index in [2.05, 4.69) is 11.0 Å². The summed E-state index contributed by atoms with van der Waals surface area (Å²) in [6.45, 7) is 2.96. The van der Waals surface area contributed by atoms with Crippen LogP contribution in [0.3, 0.4) is 0 Å². The topological polar surface area (TPSA) is 47.7 Å². The molecule has 0 radical (unpaired) electrons. The molecule has 0 aliphatic carbocycles. The minimum absolute atomic E-state index is 0.0192. The van der Waals surface area contributed by atoms with Gasteiger partial charge in [-0.3, -0.25) is 4.90 Å². The standard InChI is InChI=1S/C15H24N2O2/c1-18-13-6-3-5-12(9-13)15(16)11-17-8-4-7-14(10-17)19-2/h3,5-6,9,14-15H,4,7-8,10-11,16H2,1-2H3. The van der Waals surface area contributed by atoms with Crippen LogP contribution < -0.4 is 10.5 Å². The number of methoxy groups -OCH3 is 2. The van der Waals surface area contributed by atoms with Crippen LogP contribution in [0.5, 0.6) is 5.75 Å². The number of nitrogens with two attached hydrogens (primary N) is 1. The highest BCUT2D eigenvalue weighted by atomic mass is 16.5. The number of rotatable bonds is 5. The summed E-state index contributed by atoms with van der Waals surface area (Å²) in [7, 11) is 3.47. The van der Waals surface area contributed by atoms with Crippen molar-refractivity contribution in [1.82, 2.24) is 4.90 Å². The fraction of sp³-hybridized carbons (Fsp3) is 0.600. The largest absolute Gasteiger partial charge is 0.497 e. The first kappa shape index (κ1) is 14.3. The van der Waals surface area contributed by atoms with Crippen LogP contribution in [-0.2, 0) is 4.74 Å². The lowest BCUT2D eigenvalue weighted by Gasteiger charge is -2.33. The van der Waals surface area contributed by atoms with E-state index in [9.17, 15) is 0 Å². The molecule has 4 nitrogen and oxygen atoms in total. The third kappa shape index (κ3) is 3.93. The molecule has 0 aromatic heterocycles. The average molecular weight is 264 g/mol. The number of nitrogens with zero attached hydrogens (tertiary/aromatic N) is 1. The molecule has 106 valence electrons. The number of likely N-dealkylation sites (tertiary alicyclic amines) is 1. The lowest BCUT2D eigenvalue weighted by atomic mass is 10.0. The second-order valence-electron chi connectivity index (χ2n) is 5.14. The summed E-state index contributed by atoms with van der Waals surface area (Å²) in [5.41, 5.74) is 7.42. The Morgan fingerprint density at radius 1 is 1.42 bits per heavy atom. The van der Waals surface area contributed by atoms with Crippen LogP contribution in [0, 0.1) is 0 Å². The van der Waals surface area contributed by atoms with Gasteiger partial charge in [0, 0.05) is 26.2 Å². The molecule has 1 aromatic carbocycles. The van der Waals surface area contributed by atoms with Crippen molar-refractivity contribution in [3.05, 3.63) is 29.8 Å². The number of hydrogen-bond acceptors (Lipinski definition) is 4. The highest BCUT2D eigenvalue weighted by molar-refractivity contribution is 5.30. The van der Waals surface area contributed by atoms with Gasteiger partial charge in [0.15, 0.2) is 0 Å². The highest BCUT2D eigenvalue weighted by Crippen LogP contribution is 2.20. The molecule has 4 heteroatoms. The molecule has 1 aliphatic rings. The normalized spacial score (nSPS) is 22.2. The smallest absolute Gasteiger partial charge is 0.119 e. The van der Waals surface area contributed by atoms with Crippen LogP contribution in [-0.4, -0.2) is 44.9 Å². The van der Waals surface area contributed by atoms with Crippen molar-refractivity contribution in [1.29, 1.82) is 0 Å². The maximum Gasteiger partial charge on any atom is 0.119 e. The van der Waals surface area contributed by atoms with Gasteiger partial charge in [-0.1, -0.05) is 12.1 Å². The van der Waals surface area contributed by atoms with Crippen molar-refractivity contribution in [2.24, 2.45) is 5.73 Å². The van der Waals surface area contributed by atoms with E-state index in [0.29, 0.717) is 6.10 Å². The van der Waals surface area contributed by atoms with Crippen LogP contribution in [0.1, 0.15) is 24.4 Å². The fourth-order valence-corrected chi connectivity index (χ4v) is 2.63. The molecular weight excluding hydrogens is 240 g/mol. The van der Waals surface area contributed by atoms with Crippen molar-refractivity contribution in [2.75, 3.05) is 33.9 Å². The molecule has 2 rings (SSSR count). The maximum absolute atomic E-state index is 6.30. The van der Waals surface area contributed by atoms with Gasteiger partial charge in [-0.2, -0.15) is 0 Å². The summed E-state index contributed by atoms with van der Waals surface area (Å²) in [5, 5.41) is 0. The second-order valence-corrected chi connectivity index (χ2v) is 5.14. The Kier molecular flexibility index (Phi) is 5.19. The van der Waals surface area contributed by atoms with Crippen LogP contribution in [0.2, 0.25) is 0 Å². The molecule has 1 heterocycles. The van der Waals surface area contributed by atoms with Crippen molar-refractivity contribution in [3.8, 4) is 5.75 Å². The Hall–Kier alpha value is -1.10. The van der Waals surface area contributed by atoms with E-state index in [-0.39, 0.29) is 6.04 Å². The SMILES string of the molecule is COc1cccc(C(N)CN2CCCC(OC)C2)c1. The summed E-state index contributed by atoms with van der Waals surface area (Å²) < 4.78 is 10.7. The van der Waals surface area contributed by atoms with Gasteiger partial charge in [-0.25, -0.2) is 0 Å². The van der Waals surface area contributed by atoms with E-state index in [0.717, 1.165) is 37.4 Å². The lowest BCUT2D eigenvalue weighted by molar-refractivity contribution is 0.0294. The van der Waals surface area contributed by atoms with Gasteiger partial charge in [0.25, 0.3) is 0 Å². The summed E-state index contributed by atoms with van der Waals surface area (Å²) >= 11 is 0. The first-order valence-corrected chi connectivity index (χ1v) is 6.87. The van der Waals surface area contributed by atoms with Crippen LogP contribution >= 0.6 is 0 Å². The molecule has 2 unspecified atom stereocenters. The average Bonchev–Trinajstić information content (AvgIpc) is 2.47. The molecule has 1 aliphatic heterocycles. The monoisotopic (exact) mass is 264 g/mol. The van der Waals surface area contributed by atoms with E-state index in [1.165, 1.54) is 6.42 Å². The number of piperidine rings is 1. The molecule has 2 atom stereocenters. The Labute approximate surface area is 115 Å². The van der Waals surface area contributed by atoms with Crippen LogP contribution in [0.25, 0.3) is 0 Å². The molecule has 19 heavy (non-hydrogen) atoms. The summed E-state index contributed by atoms with van der Waals surface area (Å²) in [6.07, 6.45) is 2.69. The van der Waals surface area contributed by atoms with Gasteiger partial charge >= 0.3 is 0 Å². The Morgan fingerprint density at radius 3 is 3.00 bits per heavy atom. The highest BCUT2D eigenvalue weighted by Gasteiger charge is 2.21. The zero-order chi connectivity index (χ0) is 13.7. The van der Waals surface area contributed by atoms with Gasteiger partial charge in [-0.15, -0.1) is 0 Å². The third-order valence-electron chi connectivity index (χ3n) is 3.77. The first-order valence-electron chi connectivity index (χ1n) is 6.87. The van der Waals surface area contributed by atoms with Gasteiger partial charge < -0.3 is 15.2 Å². The number of hydrogen-bond donors (Lipinski definition) is 1.